The van der Waals surface area contributed by atoms with Crippen LogP contribution in [-0.4, -0.2) is 32.2 Å². The van der Waals surface area contributed by atoms with Crippen LogP contribution in [0.15, 0.2) is 24.3 Å². The van der Waals surface area contributed by atoms with Crippen molar-refractivity contribution in [3.05, 3.63) is 29.8 Å². The van der Waals surface area contributed by atoms with Crippen molar-refractivity contribution in [3.63, 3.8) is 0 Å². The fourth-order valence-electron chi connectivity index (χ4n) is 2.14. The fraction of sp³-hybridized carbons (Fsp3) is 0.462. The van der Waals surface area contributed by atoms with Gasteiger partial charge >= 0.3 is 0 Å². The molecule has 1 atom stereocenters. The van der Waals surface area contributed by atoms with E-state index in [0.717, 1.165) is 24.1 Å². The largest absolute Gasteiger partial charge is 0.384 e. The molecular weight excluding hydrogens is 216 g/mol. The first-order chi connectivity index (χ1) is 8.24. The number of hydrogen-bond acceptors (Lipinski definition) is 3. The number of nitrogens with two attached hydrogens (primary N) is 1. The zero-order valence-corrected chi connectivity index (χ0v) is 10.1. The average molecular weight is 234 g/mol. The van der Waals surface area contributed by atoms with E-state index in [1.165, 1.54) is 0 Å². The summed E-state index contributed by atoms with van der Waals surface area (Å²) >= 11 is 0. The van der Waals surface area contributed by atoms with E-state index in [1.807, 2.05) is 24.3 Å². The van der Waals surface area contributed by atoms with Gasteiger partial charge in [-0.15, -0.1) is 0 Å². The predicted molar refractivity (Wildman–Crippen MR) is 67.0 cm³/mol. The van der Waals surface area contributed by atoms with Crippen LogP contribution < -0.4 is 10.6 Å². The highest BCUT2D eigenvalue weighted by Gasteiger charge is 2.30. The minimum absolute atomic E-state index is 0.0230. The Kier molecular flexibility index (Phi) is 3.76. The number of para-hydroxylation sites is 1. The van der Waals surface area contributed by atoms with Crippen molar-refractivity contribution in [2.24, 2.45) is 5.73 Å². The molecule has 0 radical (unpaired) electrons. The highest BCUT2D eigenvalue weighted by molar-refractivity contribution is 5.99. The van der Waals surface area contributed by atoms with Gasteiger partial charge in [0.1, 0.15) is 0 Å². The Morgan fingerprint density at radius 3 is 2.88 bits per heavy atom. The number of amides is 1. The van der Waals surface area contributed by atoms with Crippen molar-refractivity contribution >= 4 is 11.6 Å². The molecule has 0 spiro atoms. The zero-order valence-electron chi connectivity index (χ0n) is 10.1. The van der Waals surface area contributed by atoms with E-state index in [4.69, 9.17) is 10.5 Å². The van der Waals surface area contributed by atoms with Crippen molar-refractivity contribution in [1.29, 1.82) is 0 Å². The van der Waals surface area contributed by atoms with Gasteiger partial charge in [-0.25, -0.2) is 0 Å². The lowest BCUT2D eigenvalue weighted by atomic mass is 10.1. The number of ether oxygens (including phenoxy) is 1. The Bertz CT molecular complexity index is 406. The van der Waals surface area contributed by atoms with Gasteiger partial charge in [-0.05, 0) is 24.5 Å². The predicted octanol–water partition coefficient (Wildman–Crippen LogP) is 0.940. The van der Waals surface area contributed by atoms with E-state index in [2.05, 4.69) is 0 Å². The topological polar surface area (TPSA) is 55.6 Å². The third-order valence-electron chi connectivity index (χ3n) is 3.10. The number of anilines is 1. The molecule has 4 heteroatoms. The second kappa shape index (κ2) is 5.29. The van der Waals surface area contributed by atoms with Gasteiger partial charge in [0.25, 0.3) is 0 Å². The van der Waals surface area contributed by atoms with E-state index < -0.39 is 0 Å². The zero-order chi connectivity index (χ0) is 12.3. The molecule has 1 unspecified atom stereocenters. The van der Waals surface area contributed by atoms with E-state index in [-0.39, 0.29) is 11.9 Å². The Morgan fingerprint density at radius 1 is 1.47 bits per heavy atom. The molecule has 1 fully saturated rings. The molecule has 4 nitrogen and oxygen atoms in total. The van der Waals surface area contributed by atoms with Crippen LogP contribution in [0.3, 0.4) is 0 Å². The molecule has 0 saturated carbocycles. The summed E-state index contributed by atoms with van der Waals surface area (Å²) < 4.78 is 5.08. The van der Waals surface area contributed by atoms with Crippen molar-refractivity contribution in [2.75, 3.05) is 25.2 Å². The first kappa shape index (κ1) is 12.1. The summed E-state index contributed by atoms with van der Waals surface area (Å²) in [6.07, 6.45) is 1.54. The number of carbonyl (C=O) groups excluding carboxylic acids is 1. The molecule has 1 aliphatic heterocycles. The van der Waals surface area contributed by atoms with Crippen LogP contribution in [0.5, 0.6) is 0 Å². The van der Waals surface area contributed by atoms with Crippen LogP contribution in [0.4, 0.5) is 5.69 Å². The van der Waals surface area contributed by atoms with Gasteiger partial charge < -0.3 is 15.4 Å². The monoisotopic (exact) mass is 234 g/mol. The summed E-state index contributed by atoms with van der Waals surface area (Å²) in [5.41, 5.74) is 7.85. The summed E-state index contributed by atoms with van der Waals surface area (Å²) in [4.78, 5) is 13.7. The maximum Gasteiger partial charge on any atom is 0.243 e. The summed E-state index contributed by atoms with van der Waals surface area (Å²) in [5, 5.41) is 0. The highest BCUT2D eigenvalue weighted by atomic mass is 16.5. The number of hydrogen-bond donors (Lipinski definition) is 1. The smallest absolute Gasteiger partial charge is 0.243 e. The van der Waals surface area contributed by atoms with Crippen molar-refractivity contribution in [3.8, 4) is 0 Å². The van der Waals surface area contributed by atoms with Crippen LogP contribution in [0, 0.1) is 0 Å². The SMILES string of the molecule is COCCc1ccccc1N1CCC(N)C1=O. The molecule has 92 valence electrons. The van der Waals surface area contributed by atoms with Gasteiger partial charge in [-0.2, -0.15) is 0 Å². The molecule has 1 aliphatic rings. The van der Waals surface area contributed by atoms with Gasteiger partial charge in [0.15, 0.2) is 0 Å². The standard InChI is InChI=1S/C13H18N2O2/c1-17-9-7-10-4-2-3-5-12(10)15-8-6-11(14)13(15)16/h2-5,11H,6-9,14H2,1H3. The van der Waals surface area contributed by atoms with Gasteiger partial charge in [-0.1, -0.05) is 18.2 Å². The van der Waals surface area contributed by atoms with Crippen LogP contribution in [0.25, 0.3) is 0 Å². The summed E-state index contributed by atoms with van der Waals surface area (Å²) in [6.45, 7) is 1.37. The lowest BCUT2D eigenvalue weighted by molar-refractivity contribution is -0.118. The number of nitrogens with zero attached hydrogens (tertiary/aromatic N) is 1. The Morgan fingerprint density at radius 2 is 2.24 bits per heavy atom. The van der Waals surface area contributed by atoms with Gasteiger partial charge in [0, 0.05) is 19.3 Å². The average Bonchev–Trinajstić information content (AvgIpc) is 2.68. The Balaban J connectivity index is 2.22. The number of benzene rings is 1. The van der Waals surface area contributed by atoms with Crippen molar-refractivity contribution in [1.82, 2.24) is 0 Å². The van der Waals surface area contributed by atoms with E-state index in [9.17, 15) is 4.79 Å². The Labute approximate surface area is 101 Å². The van der Waals surface area contributed by atoms with E-state index >= 15 is 0 Å². The molecule has 1 aromatic rings. The second-order valence-electron chi connectivity index (χ2n) is 4.26. The fourth-order valence-corrected chi connectivity index (χ4v) is 2.14. The first-order valence-corrected chi connectivity index (χ1v) is 5.88. The lowest BCUT2D eigenvalue weighted by Gasteiger charge is -2.19. The molecule has 0 aliphatic carbocycles. The minimum Gasteiger partial charge on any atom is -0.384 e. The summed E-state index contributed by atoms with van der Waals surface area (Å²) in [7, 11) is 1.68. The molecule has 2 N–H and O–H groups in total. The number of methoxy groups -OCH3 is 1. The second-order valence-corrected chi connectivity index (χ2v) is 4.26. The third kappa shape index (κ3) is 2.48. The molecule has 0 aromatic heterocycles. The minimum atomic E-state index is -0.342. The van der Waals surface area contributed by atoms with Crippen LogP contribution in [0.1, 0.15) is 12.0 Å². The highest BCUT2D eigenvalue weighted by Crippen LogP contribution is 2.25. The summed E-state index contributed by atoms with van der Waals surface area (Å²) in [6, 6.07) is 7.59. The molecule has 1 heterocycles. The third-order valence-corrected chi connectivity index (χ3v) is 3.10. The molecule has 17 heavy (non-hydrogen) atoms. The lowest BCUT2D eigenvalue weighted by Crippen LogP contribution is -2.34. The quantitative estimate of drug-likeness (QED) is 0.843. The molecule has 1 saturated heterocycles. The summed E-state index contributed by atoms with van der Waals surface area (Å²) in [5.74, 6) is 0.0230. The van der Waals surface area contributed by atoms with Crippen LogP contribution in [-0.2, 0) is 16.0 Å². The molecule has 1 amide bonds. The van der Waals surface area contributed by atoms with Gasteiger partial charge in [0.2, 0.25) is 5.91 Å². The molecule has 2 rings (SSSR count). The molecule has 1 aromatic carbocycles. The van der Waals surface area contributed by atoms with E-state index in [0.29, 0.717) is 13.2 Å². The van der Waals surface area contributed by atoms with E-state index in [1.54, 1.807) is 12.0 Å². The van der Waals surface area contributed by atoms with Crippen molar-refractivity contribution < 1.29 is 9.53 Å². The Hall–Kier alpha value is -1.39. The maximum absolute atomic E-state index is 11.9. The first-order valence-electron chi connectivity index (χ1n) is 5.88. The molecule has 0 bridgehead atoms. The number of carbonyl (C=O) groups is 1. The molecular formula is C13H18N2O2. The van der Waals surface area contributed by atoms with Crippen molar-refractivity contribution in [2.45, 2.75) is 18.9 Å². The normalized spacial score (nSPS) is 20.0. The number of rotatable bonds is 4. The maximum atomic E-state index is 11.9. The van der Waals surface area contributed by atoms with Gasteiger partial charge in [0.05, 0.1) is 12.6 Å². The van der Waals surface area contributed by atoms with Crippen LogP contribution in [0.2, 0.25) is 0 Å². The van der Waals surface area contributed by atoms with Crippen LogP contribution >= 0.6 is 0 Å². The van der Waals surface area contributed by atoms with Gasteiger partial charge in [-0.3, -0.25) is 4.79 Å².